The van der Waals surface area contributed by atoms with Gasteiger partial charge in [-0.25, -0.2) is 0 Å². The fraction of sp³-hybridized carbons (Fsp3) is 0.750. The Bertz CT molecular complexity index is 341. The first kappa shape index (κ1) is 12.9. The molecule has 1 aliphatic heterocycles. The van der Waals surface area contributed by atoms with Crippen LogP contribution >= 0.6 is 11.6 Å². The zero-order valence-corrected chi connectivity index (χ0v) is 11.2. The van der Waals surface area contributed by atoms with Crippen molar-refractivity contribution < 1.29 is 4.74 Å². The molecule has 0 amide bonds. The van der Waals surface area contributed by atoms with Crippen LogP contribution in [0, 0.1) is 6.92 Å². The minimum absolute atomic E-state index is 0.308. The summed E-state index contributed by atoms with van der Waals surface area (Å²) >= 11 is 5.99. The first-order valence-electron chi connectivity index (χ1n) is 6.20. The van der Waals surface area contributed by atoms with Gasteiger partial charge in [0.2, 0.25) is 0 Å². The van der Waals surface area contributed by atoms with Crippen LogP contribution < -0.4 is 5.32 Å². The minimum atomic E-state index is 0.308. The quantitative estimate of drug-likeness (QED) is 0.879. The normalized spacial score (nSPS) is 21.9. The molecule has 2 heterocycles. The Labute approximate surface area is 107 Å². The van der Waals surface area contributed by atoms with Crippen LogP contribution in [-0.2, 0) is 4.74 Å². The number of hydrogen-bond donors (Lipinski definition) is 1. The van der Waals surface area contributed by atoms with E-state index in [-0.39, 0.29) is 0 Å². The number of rotatable bonds is 5. The number of ether oxygens (including phenoxy) is 1. The Kier molecular flexibility index (Phi) is 4.42. The molecule has 0 saturated carbocycles. The molecule has 96 valence electrons. The second kappa shape index (κ2) is 5.85. The lowest BCUT2D eigenvalue weighted by molar-refractivity contribution is 0.109. The SMILES string of the molecule is Cc1nn(C(C)CNCC2CCCO2)cc1Cl. The minimum Gasteiger partial charge on any atom is -0.377 e. The molecule has 0 spiro atoms. The number of halogens is 1. The first-order chi connectivity index (χ1) is 8.16. The molecule has 17 heavy (non-hydrogen) atoms. The highest BCUT2D eigenvalue weighted by molar-refractivity contribution is 6.31. The molecule has 0 bridgehead atoms. The van der Waals surface area contributed by atoms with Crippen molar-refractivity contribution >= 4 is 11.6 Å². The van der Waals surface area contributed by atoms with E-state index in [0.29, 0.717) is 12.1 Å². The van der Waals surface area contributed by atoms with Crippen LogP contribution in [0.5, 0.6) is 0 Å². The number of nitrogens with one attached hydrogen (secondary N) is 1. The highest BCUT2D eigenvalue weighted by Crippen LogP contribution is 2.15. The van der Waals surface area contributed by atoms with Gasteiger partial charge in [0.15, 0.2) is 0 Å². The molecule has 1 N–H and O–H groups in total. The summed E-state index contributed by atoms with van der Waals surface area (Å²) in [6, 6.07) is 0.308. The highest BCUT2D eigenvalue weighted by Gasteiger charge is 2.15. The first-order valence-corrected chi connectivity index (χ1v) is 6.58. The van der Waals surface area contributed by atoms with Gasteiger partial charge in [-0.15, -0.1) is 0 Å². The van der Waals surface area contributed by atoms with Crippen molar-refractivity contribution in [2.75, 3.05) is 19.7 Å². The maximum Gasteiger partial charge on any atom is 0.0815 e. The summed E-state index contributed by atoms with van der Waals surface area (Å²) in [7, 11) is 0. The maximum absolute atomic E-state index is 5.99. The van der Waals surface area contributed by atoms with Crippen molar-refractivity contribution in [3.05, 3.63) is 16.9 Å². The Morgan fingerprint density at radius 2 is 2.53 bits per heavy atom. The monoisotopic (exact) mass is 257 g/mol. The Hall–Kier alpha value is -0.580. The van der Waals surface area contributed by atoms with Crippen molar-refractivity contribution in [2.45, 2.75) is 38.8 Å². The third kappa shape index (κ3) is 3.44. The molecule has 0 radical (unpaired) electrons. The molecule has 4 nitrogen and oxygen atoms in total. The summed E-state index contributed by atoms with van der Waals surface area (Å²) in [6.45, 7) is 6.78. The molecular formula is C12H20ClN3O. The van der Waals surface area contributed by atoms with Crippen LogP contribution in [0.15, 0.2) is 6.20 Å². The highest BCUT2D eigenvalue weighted by atomic mass is 35.5. The molecule has 5 heteroatoms. The van der Waals surface area contributed by atoms with E-state index >= 15 is 0 Å². The number of hydrogen-bond acceptors (Lipinski definition) is 3. The van der Waals surface area contributed by atoms with Crippen molar-refractivity contribution in [1.29, 1.82) is 0 Å². The van der Waals surface area contributed by atoms with Crippen LogP contribution in [-0.4, -0.2) is 35.6 Å². The Morgan fingerprint density at radius 3 is 3.12 bits per heavy atom. The van der Waals surface area contributed by atoms with Crippen LogP contribution in [0.4, 0.5) is 0 Å². The van der Waals surface area contributed by atoms with Gasteiger partial charge in [-0.2, -0.15) is 5.10 Å². The van der Waals surface area contributed by atoms with Crippen LogP contribution in [0.2, 0.25) is 5.02 Å². The molecule has 2 unspecified atom stereocenters. The van der Waals surface area contributed by atoms with E-state index in [1.165, 1.54) is 12.8 Å². The molecule has 1 saturated heterocycles. The van der Waals surface area contributed by atoms with Gasteiger partial charge < -0.3 is 10.1 Å². The lowest BCUT2D eigenvalue weighted by atomic mass is 10.2. The summed E-state index contributed by atoms with van der Waals surface area (Å²) < 4.78 is 7.47. The summed E-state index contributed by atoms with van der Waals surface area (Å²) in [5, 5.41) is 8.53. The van der Waals surface area contributed by atoms with E-state index in [9.17, 15) is 0 Å². The molecule has 1 aromatic rings. The van der Waals surface area contributed by atoms with Gasteiger partial charge >= 0.3 is 0 Å². The largest absolute Gasteiger partial charge is 0.377 e. The zero-order valence-electron chi connectivity index (χ0n) is 10.4. The second-order valence-corrected chi connectivity index (χ2v) is 5.09. The predicted molar refractivity (Wildman–Crippen MR) is 68.5 cm³/mol. The van der Waals surface area contributed by atoms with E-state index in [2.05, 4.69) is 17.3 Å². The van der Waals surface area contributed by atoms with Crippen molar-refractivity contribution in [3.63, 3.8) is 0 Å². The molecule has 2 rings (SSSR count). The lowest BCUT2D eigenvalue weighted by Crippen LogP contribution is -2.31. The number of nitrogens with zero attached hydrogens (tertiary/aromatic N) is 2. The summed E-state index contributed by atoms with van der Waals surface area (Å²) in [6.07, 6.45) is 4.64. The molecular weight excluding hydrogens is 238 g/mol. The van der Waals surface area contributed by atoms with Gasteiger partial charge in [0.25, 0.3) is 0 Å². The molecule has 1 aliphatic rings. The number of aromatic nitrogens is 2. The van der Waals surface area contributed by atoms with Gasteiger partial charge in [-0.1, -0.05) is 11.6 Å². The van der Waals surface area contributed by atoms with Gasteiger partial charge in [-0.3, -0.25) is 4.68 Å². The fourth-order valence-corrected chi connectivity index (χ4v) is 2.18. The predicted octanol–water partition coefficient (Wildman–Crippen LogP) is 2.17. The third-order valence-corrected chi connectivity index (χ3v) is 3.52. The summed E-state index contributed by atoms with van der Waals surface area (Å²) in [5.41, 5.74) is 0.887. The average Bonchev–Trinajstić information content (AvgIpc) is 2.90. The van der Waals surface area contributed by atoms with E-state index < -0.39 is 0 Å². The van der Waals surface area contributed by atoms with Gasteiger partial charge in [-0.05, 0) is 26.7 Å². The smallest absolute Gasteiger partial charge is 0.0815 e. The zero-order chi connectivity index (χ0) is 12.3. The average molecular weight is 258 g/mol. The van der Waals surface area contributed by atoms with Gasteiger partial charge in [0, 0.05) is 25.9 Å². The van der Waals surface area contributed by atoms with Gasteiger partial charge in [0.05, 0.1) is 22.9 Å². The van der Waals surface area contributed by atoms with Crippen LogP contribution in [0.3, 0.4) is 0 Å². The lowest BCUT2D eigenvalue weighted by Gasteiger charge is -2.15. The maximum atomic E-state index is 5.99. The standard InChI is InChI=1S/C12H20ClN3O/c1-9(16-8-12(13)10(2)15-16)6-14-7-11-4-3-5-17-11/h8-9,11,14H,3-7H2,1-2H3. The fourth-order valence-electron chi connectivity index (χ4n) is 2.04. The Morgan fingerprint density at radius 1 is 1.71 bits per heavy atom. The van der Waals surface area contributed by atoms with E-state index in [4.69, 9.17) is 16.3 Å². The van der Waals surface area contributed by atoms with Crippen molar-refractivity contribution in [1.82, 2.24) is 15.1 Å². The number of aryl methyl sites for hydroxylation is 1. The Balaban J connectivity index is 1.74. The van der Waals surface area contributed by atoms with E-state index in [1.54, 1.807) is 0 Å². The van der Waals surface area contributed by atoms with Crippen molar-refractivity contribution in [3.8, 4) is 0 Å². The summed E-state index contributed by atoms with van der Waals surface area (Å²) in [4.78, 5) is 0. The van der Waals surface area contributed by atoms with Crippen molar-refractivity contribution in [2.24, 2.45) is 0 Å². The van der Waals surface area contributed by atoms with Gasteiger partial charge in [0.1, 0.15) is 0 Å². The second-order valence-electron chi connectivity index (χ2n) is 4.68. The van der Waals surface area contributed by atoms with E-state index in [0.717, 1.165) is 30.4 Å². The molecule has 2 atom stereocenters. The molecule has 0 aliphatic carbocycles. The topological polar surface area (TPSA) is 39.1 Å². The third-order valence-electron chi connectivity index (χ3n) is 3.14. The molecule has 1 fully saturated rings. The molecule has 0 aromatic carbocycles. The van der Waals surface area contributed by atoms with Crippen LogP contribution in [0.1, 0.15) is 31.5 Å². The summed E-state index contributed by atoms with van der Waals surface area (Å²) in [5.74, 6) is 0. The van der Waals surface area contributed by atoms with E-state index in [1.807, 2.05) is 17.8 Å². The van der Waals surface area contributed by atoms with Crippen LogP contribution in [0.25, 0.3) is 0 Å². The molecule has 1 aromatic heterocycles.